The van der Waals surface area contributed by atoms with E-state index in [1.165, 1.54) is 12.3 Å². The minimum atomic E-state index is -1.07. The normalized spacial score (nSPS) is 10.6. The van der Waals surface area contributed by atoms with E-state index in [1.807, 2.05) is 0 Å². The van der Waals surface area contributed by atoms with Crippen LogP contribution in [0.3, 0.4) is 0 Å². The number of benzene rings is 2. The highest BCUT2D eigenvalue weighted by Gasteiger charge is 2.20. The third kappa shape index (κ3) is 4.77. The number of aryl methyl sites for hydroxylation is 1. The fourth-order valence-electron chi connectivity index (χ4n) is 2.62. The lowest BCUT2D eigenvalue weighted by Crippen LogP contribution is -2.25. The van der Waals surface area contributed by atoms with Crippen molar-refractivity contribution in [1.29, 1.82) is 0 Å². The molecule has 0 fully saturated rings. The van der Waals surface area contributed by atoms with Gasteiger partial charge in [-0.25, -0.2) is 18.2 Å². The molecule has 0 saturated heterocycles. The lowest BCUT2D eigenvalue weighted by molar-refractivity contribution is 0.0947. The van der Waals surface area contributed by atoms with Gasteiger partial charge in [-0.05, 0) is 48.4 Å². The van der Waals surface area contributed by atoms with Gasteiger partial charge >= 0.3 is 0 Å². The molecule has 1 aromatic heterocycles. The summed E-state index contributed by atoms with van der Waals surface area (Å²) in [6.45, 7) is 1.57. The maximum atomic E-state index is 14.3. The van der Waals surface area contributed by atoms with Gasteiger partial charge in [-0.15, -0.1) is 0 Å². The maximum absolute atomic E-state index is 14.3. The largest absolute Gasteiger partial charge is 0.348 e. The SMILES string of the molecule is Cc1cccnc1NC(=O)c1cc(C(=O)NCc2ccc(F)c(F)c2)c(F)cc1Cl. The number of halogens is 4. The van der Waals surface area contributed by atoms with Gasteiger partial charge in [0.25, 0.3) is 11.8 Å². The number of rotatable bonds is 5. The number of hydrogen-bond acceptors (Lipinski definition) is 3. The Labute approximate surface area is 174 Å². The monoisotopic (exact) mass is 433 g/mol. The molecule has 2 N–H and O–H groups in total. The number of amides is 2. The Kier molecular flexibility index (Phi) is 6.37. The van der Waals surface area contributed by atoms with Crippen LogP contribution in [0, 0.1) is 24.4 Å². The molecule has 1 heterocycles. The molecule has 0 bridgehead atoms. The Morgan fingerprint density at radius 1 is 0.967 bits per heavy atom. The zero-order chi connectivity index (χ0) is 21.8. The Bertz CT molecular complexity index is 1140. The minimum absolute atomic E-state index is 0.124. The second-order valence-electron chi connectivity index (χ2n) is 6.37. The quantitative estimate of drug-likeness (QED) is 0.615. The predicted octanol–water partition coefficient (Wildman–Crippen LogP) is 4.64. The Morgan fingerprint density at radius 3 is 2.43 bits per heavy atom. The summed E-state index contributed by atoms with van der Waals surface area (Å²) in [6.07, 6.45) is 1.49. The first-order valence-electron chi connectivity index (χ1n) is 8.70. The molecule has 0 radical (unpaired) electrons. The molecule has 2 aromatic carbocycles. The maximum Gasteiger partial charge on any atom is 0.258 e. The van der Waals surface area contributed by atoms with Crippen molar-refractivity contribution < 1.29 is 22.8 Å². The smallest absolute Gasteiger partial charge is 0.258 e. The van der Waals surface area contributed by atoms with Crippen LogP contribution in [-0.4, -0.2) is 16.8 Å². The molecular formula is C21H15ClF3N3O2. The summed E-state index contributed by atoms with van der Waals surface area (Å²) >= 11 is 5.98. The third-order valence-electron chi connectivity index (χ3n) is 4.22. The third-order valence-corrected chi connectivity index (χ3v) is 4.54. The van der Waals surface area contributed by atoms with Crippen molar-refractivity contribution in [2.45, 2.75) is 13.5 Å². The average molecular weight is 434 g/mol. The van der Waals surface area contributed by atoms with E-state index < -0.39 is 34.8 Å². The number of anilines is 1. The van der Waals surface area contributed by atoms with Gasteiger partial charge in [0.15, 0.2) is 11.6 Å². The van der Waals surface area contributed by atoms with Gasteiger partial charge in [0.1, 0.15) is 11.6 Å². The van der Waals surface area contributed by atoms with Crippen molar-refractivity contribution >= 4 is 29.2 Å². The molecule has 9 heteroatoms. The fraction of sp³-hybridized carbons (Fsp3) is 0.0952. The van der Waals surface area contributed by atoms with Crippen molar-refractivity contribution in [2.75, 3.05) is 5.32 Å². The highest BCUT2D eigenvalue weighted by molar-refractivity contribution is 6.34. The van der Waals surface area contributed by atoms with Crippen molar-refractivity contribution in [3.63, 3.8) is 0 Å². The van der Waals surface area contributed by atoms with Gasteiger partial charge in [-0.2, -0.15) is 0 Å². The average Bonchev–Trinajstić information content (AvgIpc) is 2.70. The Morgan fingerprint density at radius 2 is 1.73 bits per heavy atom. The van der Waals surface area contributed by atoms with E-state index in [0.717, 1.165) is 24.3 Å². The predicted molar refractivity (Wildman–Crippen MR) is 106 cm³/mol. The zero-order valence-corrected chi connectivity index (χ0v) is 16.4. The van der Waals surface area contributed by atoms with Crippen LogP contribution in [0.2, 0.25) is 5.02 Å². The van der Waals surface area contributed by atoms with Crippen LogP contribution in [0.1, 0.15) is 31.8 Å². The lowest BCUT2D eigenvalue weighted by atomic mass is 10.1. The van der Waals surface area contributed by atoms with Gasteiger partial charge < -0.3 is 10.6 Å². The van der Waals surface area contributed by atoms with Gasteiger partial charge in [-0.3, -0.25) is 9.59 Å². The molecule has 0 aliphatic heterocycles. The molecule has 0 aliphatic carbocycles. The molecule has 0 atom stereocenters. The van der Waals surface area contributed by atoms with E-state index in [1.54, 1.807) is 19.1 Å². The minimum Gasteiger partial charge on any atom is -0.348 e. The lowest BCUT2D eigenvalue weighted by Gasteiger charge is -2.11. The van der Waals surface area contributed by atoms with Gasteiger partial charge in [-0.1, -0.05) is 23.7 Å². The molecule has 0 aliphatic rings. The summed E-state index contributed by atoms with van der Waals surface area (Å²) in [5, 5.41) is 4.76. The molecule has 0 unspecified atom stereocenters. The molecule has 154 valence electrons. The van der Waals surface area contributed by atoms with E-state index in [4.69, 9.17) is 11.6 Å². The van der Waals surface area contributed by atoms with Crippen LogP contribution in [-0.2, 0) is 6.54 Å². The van der Waals surface area contributed by atoms with E-state index in [2.05, 4.69) is 15.6 Å². The van der Waals surface area contributed by atoms with Gasteiger partial charge in [0.05, 0.1) is 16.1 Å². The topological polar surface area (TPSA) is 71.1 Å². The van der Waals surface area contributed by atoms with Crippen molar-refractivity contribution in [1.82, 2.24) is 10.3 Å². The fourth-order valence-corrected chi connectivity index (χ4v) is 2.85. The summed E-state index contributed by atoms with van der Waals surface area (Å²) in [5.41, 5.74) is 0.430. The molecule has 0 spiro atoms. The summed E-state index contributed by atoms with van der Waals surface area (Å²) in [4.78, 5) is 29.0. The molecule has 3 rings (SSSR count). The first kappa shape index (κ1) is 21.3. The van der Waals surface area contributed by atoms with E-state index in [0.29, 0.717) is 11.4 Å². The standard InChI is InChI=1S/C21H15ClF3N3O2/c1-11-3-2-6-26-19(11)28-21(30)13-8-14(17(24)9-15(13)22)20(29)27-10-12-4-5-16(23)18(25)7-12/h2-9H,10H2,1H3,(H,27,29)(H,26,28,30). The highest BCUT2D eigenvalue weighted by Crippen LogP contribution is 2.23. The molecular weight excluding hydrogens is 419 g/mol. The zero-order valence-electron chi connectivity index (χ0n) is 15.6. The van der Waals surface area contributed by atoms with Gasteiger partial charge in [0, 0.05) is 12.7 Å². The van der Waals surface area contributed by atoms with Crippen molar-refractivity contribution in [2.24, 2.45) is 0 Å². The van der Waals surface area contributed by atoms with Crippen LogP contribution in [0.25, 0.3) is 0 Å². The molecule has 30 heavy (non-hydrogen) atoms. The first-order valence-corrected chi connectivity index (χ1v) is 9.08. The number of hydrogen-bond donors (Lipinski definition) is 2. The van der Waals surface area contributed by atoms with Gasteiger partial charge in [0.2, 0.25) is 0 Å². The summed E-state index contributed by atoms with van der Waals surface area (Å²) in [5.74, 6) is -4.25. The molecule has 3 aromatic rings. The van der Waals surface area contributed by atoms with Crippen molar-refractivity contribution in [3.8, 4) is 0 Å². The van der Waals surface area contributed by atoms with Crippen molar-refractivity contribution in [3.05, 3.63) is 93.4 Å². The molecule has 0 saturated carbocycles. The van der Waals surface area contributed by atoms with E-state index in [9.17, 15) is 22.8 Å². The summed E-state index contributed by atoms with van der Waals surface area (Å²) < 4.78 is 40.5. The van der Waals surface area contributed by atoms with Crippen LogP contribution in [0.5, 0.6) is 0 Å². The molecule has 5 nitrogen and oxygen atoms in total. The number of aromatic nitrogens is 1. The second-order valence-corrected chi connectivity index (χ2v) is 6.77. The molecule has 2 amide bonds. The number of carbonyl (C=O) groups excluding carboxylic acids is 2. The number of nitrogens with zero attached hydrogens (tertiary/aromatic N) is 1. The summed E-state index contributed by atoms with van der Waals surface area (Å²) in [6, 6.07) is 8.44. The highest BCUT2D eigenvalue weighted by atomic mass is 35.5. The number of carbonyl (C=O) groups is 2. The first-order chi connectivity index (χ1) is 14.3. The second kappa shape index (κ2) is 8.96. The Balaban J connectivity index is 1.79. The number of pyridine rings is 1. The van der Waals surface area contributed by atoms with Crippen LogP contribution in [0.4, 0.5) is 19.0 Å². The van der Waals surface area contributed by atoms with E-state index in [-0.39, 0.29) is 22.7 Å². The van der Waals surface area contributed by atoms with Crippen LogP contribution < -0.4 is 10.6 Å². The Hall–Kier alpha value is -3.39. The van der Waals surface area contributed by atoms with E-state index >= 15 is 0 Å². The summed E-state index contributed by atoms with van der Waals surface area (Å²) in [7, 11) is 0. The number of nitrogens with one attached hydrogen (secondary N) is 2. The van der Waals surface area contributed by atoms with Crippen LogP contribution >= 0.6 is 11.6 Å². The van der Waals surface area contributed by atoms with Crippen LogP contribution in [0.15, 0.2) is 48.7 Å².